The van der Waals surface area contributed by atoms with Crippen molar-refractivity contribution in [3.8, 4) is 11.3 Å². The molecule has 2 heteroatoms. The van der Waals surface area contributed by atoms with Crippen LogP contribution in [-0.4, -0.2) is 9.97 Å². The molecule has 2 aromatic heterocycles. The third kappa shape index (κ3) is 1.02. The topological polar surface area (TPSA) is 25.8 Å². The number of rotatable bonds is 0. The fourth-order valence-electron chi connectivity index (χ4n) is 5.57. The van der Waals surface area contributed by atoms with Gasteiger partial charge in [0.25, 0.3) is 0 Å². The number of fused-ring (bicyclic) bond motifs is 3. The van der Waals surface area contributed by atoms with Gasteiger partial charge in [-0.2, -0.15) is 0 Å². The molecule has 0 saturated heterocycles. The Kier molecular flexibility index (Phi) is 1.92. The van der Waals surface area contributed by atoms with Crippen LogP contribution in [0.25, 0.3) is 11.3 Å². The summed E-state index contributed by atoms with van der Waals surface area (Å²) in [5.41, 5.74) is 5.99. The van der Waals surface area contributed by atoms with Gasteiger partial charge in [-0.05, 0) is 49.4 Å². The van der Waals surface area contributed by atoms with E-state index in [9.17, 15) is 0 Å². The van der Waals surface area contributed by atoms with Crippen LogP contribution in [0.1, 0.15) is 49.8 Å². The van der Waals surface area contributed by atoms with E-state index in [1.54, 1.807) is 0 Å². The van der Waals surface area contributed by atoms with E-state index in [4.69, 9.17) is 9.97 Å². The SMILES string of the molecule is c1cnc2c(c1)-c1ncccc1C13CCCC21CCC3. The van der Waals surface area contributed by atoms with Gasteiger partial charge in [-0.1, -0.05) is 18.9 Å². The highest BCUT2D eigenvalue weighted by Crippen LogP contribution is 2.68. The Labute approximate surface area is 119 Å². The number of hydrogen-bond donors (Lipinski definition) is 0. The first kappa shape index (κ1) is 11.0. The molecule has 0 bridgehead atoms. The van der Waals surface area contributed by atoms with E-state index in [-0.39, 0.29) is 0 Å². The second kappa shape index (κ2) is 3.49. The van der Waals surface area contributed by atoms with Crippen LogP contribution in [0.3, 0.4) is 0 Å². The molecule has 2 nitrogen and oxygen atoms in total. The average Bonchev–Trinajstić information content (AvgIpc) is 3.05. The maximum absolute atomic E-state index is 4.85. The van der Waals surface area contributed by atoms with Gasteiger partial charge < -0.3 is 0 Å². The summed E-state index contributed by atoms with van der Waals surface area (Å²) in [7, 11) is 0. The maximum Gasteiger partial charge on any atom is 0.0758 e. The average molecular weight is 262 g/mol. The van der Waals surface area contributed by atoms with Gasteiger partial charge in [-0.15, -0.1) is 0 Å². The maximum atomic E-state index is 4.85. The van der Waals surface area contributed by atoms with Crippen molar-refractivity contribution < 1.29 is 0 Å². The van der Waals surface area contributed by atoms with Crippen LogP contribution in [0.5, 0.6) is 0 Å². The predicted octanol–water partition coefficient (Wildman–Crippen LogP) is 4.00. The molecule has 2 fully saturated rings. The van der Waals surface area contributed by atoms with Crippen LogP contribution in [0.2, 0.25) is 0 Å². The lowest BCUT2D eigenvalue weighted by Crippen LogP contribution is -2.44. The molecule has 0 atom stereocenters. The zero-order valence-electron chi connectivity index (χ0n) is 11.6. The molecule has 0 N–H and O–H groups in total. The molecule has 20 heavy (non-hydrogen) atoms. The highest BCUT2D eigenvalue weighted by molar-refractivity contribution is 5.74. The summed E-state index contributed by atoms with van der Waals surface area (Å²) in [5, 5.41) is 0. The van der Waals surface area contributed by atoms with E-state index < -0.39 is 0 Å². The van der Waals surface area contributed by atoms with Gasteiger partial charge in [0.05, 0.1) is 11.4 Å². The van der Waals surface area contributed by atoms with E-state index >= 15 is 0 Å². The number of aromatic nitrogens is 2. The quantitative estimate of drug-likeness (QED) is 0.717. The first-order valence-corrected chi connectivity index (χ1v) is 7.79. The summed E-state index contributed by atoms with van der Waals surface area (Å²) in [5.74, 6) is 0. The molecule has 2 heterocycles. The minimum absolute atomic E-state index is 0.305. The van der Waals surface area contributed by atoms with Gasteiger partial charge in [-0.3, -0.25) is 9.97 Å². The molecule has 0 amide bonds. The highest BCUT2D eigenvalue weighted by Gasteiger charge is 2.63. The van der Waals surface area contributed by atoms with Gasteiger partial charge >= 0.3 is 0 Å². The third-order valence-corrected chi connectivity index (χ3v) is 6.17. The van der Waals surface area contributed by atoms with Crippen molar-refractivity contribution in [1.82, 2.24) is 9.97 Å². The van der Waals surface area contributed by atoms with Crippen LogP contribution in [0.15, 0.2) is 36.7 Å². The molecule has 0 spiro atoms. The van der Waals surface area contributed by atoms with Crippen molar-refractivity contribution in [2.45, 2.75) is 49.4 Å². The normalized spacial score (nSPS) is 33.2. The molecular formula is C18H18N2. The lowest BCUT2D eigenvalue weighted by molar-refractivity contribution is 0.290. The predicted molar refractivity (Wildman–Crippen MR) is 78.5 cm³/mol. The summed E-state index contributed by atoms with van der Waals surface area (Å²) >= 11 is 0. The van der Waals surface area contributed by atoms with E-state index in [0.717, 1.165) is 0 Å². The summed E-state index contributed by atoms with van der Waals surface area (Å²) in [4.78, 5) is 9.58. The minimum atomic E-state index is 0.305. The monoisotopic (exact) mass is 262 g/mol. The fourth-order valence-corrected chi connectivity index (χ4v) is 5.57. The number of hydrogen-bond acceptors (Lipinski definition) is 2. The summed E-state index contributed by atoms with van der Waals surface area (Å²) < 4.78 is 0. The molecule has 2 aromatic rings. The zero-order valence-corrected chi connectivity index (χ0v) is 11.6. The van der Waals surface area contributed by atoms with E-state index in [2.05, 4.69) is 24.3 Å². The lowest BCUT2D eigenvalue weighted by atomic mass is 9.58. The first-order valence-electron chi connectivity index (χ1n) is 7.79. The van der Waals surface area contributed by atoms with Gasteiger partial charge in [0.15, 0.2) is 0 Å². The molecular weight excluding hydrogens is 244 g/mol. The molecule has 3 aliphatic rings. The van der Waals surface area contributed by atoms with Crippen LogP contribution in [0.4, 0.5) is 0 Å². The molecule has 3 aliphatic carbocycles. The first-order chi connectivity index (χ1) is 9.87. The highest BCUT2D eigenvalue weighted by atomic mass is 14.8. The molecule has 0 aromatic carbocycles. The summed E-state index contributed by atoms with van der Waals surface area (Å²) in [6.07, 6.45) is 11.8. The van der Waals surface area contributed by atoms with Gasteiger partial charge in [0, 0.05) is 28.8 Å². The molecule has 0 unspecified atom stereocenters. The van der Waals surface area contributed by atoms with Crippen molar-refractivity contribution in [2.24, 2.45) is 0 Å². The van der Waals surface area contributed by atoms with E-state index in [0.29, 0.717) is 10.8 Å². The molecule has 0 aliphatic heterocycles. The lowest BCUT2D eigenvalue weighted by Gasteiger charge is -2.46. The fraction of sp³-hybridized carbons (Fsp3) is 0.444. The molecule has 5 rings (SSSR count). The number of nitrogens with zero attached hydrogens (tertiary/aromatic N) is 2. The van der Waals surface area contributed by atoms with Crippen molar-refractivity contribution in [3.63, 3.8) is 0 Å². The Morgan fingerprint density at radius 3 is 2.35 bits per heavy atom. The van der Waals surface area contributed by atoms with Gasteiger partial charge in [0.1, 0.15) is 0 Å². The van der Waals surface area contributed by atoms with Crippen molar-refractivity contribution in [3.05, 3.63) is 47.9 Å². The van der Waals surface area contributed by atoms with Crippen molar-refractivity contribution >= 4 is 0 Å². The second-order valence-corrected chi connectivity index (χ2v) is 6.67. The van der Waals surface area contributed by atoms with Crippen LogP contribution in [-0.2, 0) is 10.8 Å². The summed E-state index contributed by atoms with van der Waals surface area (Å²) in [6, 6.07) is 8.74. The largest absolute Gasteiger partial charge is 0.260 e. The Hall–Kier alpha value is -1.70. The molecule has 100 valence electrons. The Morgan fingerprint density at radius 1 is 0.800 bits per heavy atom. The van der Waals surface area contributed by atoms with Crippen LogP contribution in [0, 0.1) is 0 Å². The minimum Gasteiger partial charge on any atom is -0.260 e. The van der Waals surface area contributed by atoms with E-state index in [1.807, 2.05) is 12.4 Å². The number of pyridine rings is 2. The smallest absolute Gasteiger partial charge is 0.0758 e. The van der Waals surface area contributed by atoms with E-state index in [1.165, 1.54) is 61.0 Å². The van der Waals surface area contributed by atoms with Crippen LogP contribution < -0.4 is 0 Å². The van der Waals surface area contributed by atoms with Gasteiger partial charge in [-0.25, -0.2) is 0 Å². The third-order valence-electron chi connectivity index (χ3n) is 6.17. The van der Waals surface area contributed by atoms with Crippen molar-refractivity contribution in [2.75, 3.05) is 0 Å². The second-order valence-electron chi connectivity index (χ2n) is 6.67. The molecule has 2 saturated carbocycles. The Balaban J connectivity index is 1.95. The Morgan fingerprint density at radius 2 is 1.50 bits per heavy atom. The van der Waals surface area contributed by atoms with Gasteiger partial charge in [0.2, 0.25) is 0 Å². The van der Waals surface area contributed by atoms with Crippen molar-refractivity contribution in [1.29, 1.82) is 0 Å². The molecule has 0 radical (unpaired) electrons. The standard InChI is InChI=1S/C18H18N2/c1-5-13-15-14(6-2-11-19-15)17-7-3-9-18(17,10-4-8-17)16(13)20-12-1/h1-2,5-6,11-12H,3-4,7-10H2. The van der Waals surface area contributed by atoms with Crippen LogP contribution >= 0.6 is 0 Å². The Bertz CT molecular complexity index is 635. The zero-order chi connectivity index (χ0) is 13.2. The summed E-state index contributed by atoms with van der Waals surface area (Å²) in [6.45, 7) is 0.